The Morgan fingerprint density at radius 1 is 1.19 bits per heavy atom. The molecule has 1 aliphatic carbocycles. The number of hydrogen-bond acceptors (Lipinski definition) is 7. The first kappa shape index (κ1) is 20.3. The largest absolute Gasteiger partial charge is 0.466 e. The number of anilines is 1. The second-order valence-corrected chi connectivity index (χ2v) is 7.23. The third-order valence-corrected chi connectivity index (χ3v) is 5.31. The highest BCUT2D eigenvalue weighted by molar-refractivity contribution is 7.80. The summed E-state index contributed by atoms with van der Waals surface area (Å²) in [5.74, 6) is -1.24. The minimum Gasteiger partial charge on any atom is -0.466 e. The lowest BCUT2D eigenvalue weighted by atomic mass is 9.95. The number of ether oxygens (including phenoxy) is 2. The van der Waals surface area contributed by atoms with Crippen LogP contribution in [0, 0.1) is 0 Å². The zero-order valence-electron chi connectivity index (χ0n) is 14.8. The Balaban J connectivity index is 2.00. The predicted molar refractivity (Wildman–Crippen MR) is 103 cm³/mol. The standard InChI is InChI=1S/C17H22N2O5S2/c1-3-24-13(21)9-8-12(20)18-17(25)19-15-14(16(22)23-2)10-6-4-5-7-11(10)26-15/h3-9H2,1-2H3,(H2,18,19,20,25). The molecule has 0 fully saturated rings. The van der Waals surface area contributed by atoms with Gasteiger partial charge in [0.05, 0.1) is 25.7 Å². The van der Waals surface area contributed by atoms with E-state index in [9.17, 15) is 14.4 Å². The third-order valence-electron chi connectivity index (χ3n) is 3.90. The molecular weight excluding hydrogens is 376 g/mol. The lowest BCUT2D eigenvalue weighted by Crippen LogP contribution is -2.34. The fourth-order valence-corrected chi connectivity index (χ4v) is 4.31. The summed E-state index contributed by atoms with van der Waals surface area (Å²) in [4.78, 5) is 36.5. The van der Waals surface area contributed by atoms with Gasteiger partial charge in [-0.3, -0.25) is 9.59 Å². The minimum atomic E-state index is -0.430. The molecular formula is C17H22N2O5S2. The SMILES string of the molecule is CCOC(=O)CCC(=O)NC(=S)Nc1sc2c(c1C(=O)OC)CCCC2. The van der Waals surface area contributed by atoms with Gasteiger partial charge in [0.1, 0.15) is 5.00 Å². The predicted octanol–water partition coefficient (Wildman–Crippen LogP) is 2.57. The second-order valence-electron chi connectivity index (χ2n) is 5.71. The minimum absolute atomic E-state index is 0.0109. The van der Waals surface area contributed by atoms with E-state index in [-0.39, 0.29) is 24.6 Å². The second kappa shape index (κ2) is 9.63. The van der Waals surface area contributed by atoms with Gasteiger partial charge < -0.3 is 20.1 Å². The van der Waals surface area contributed by atoms with Gasteiger partial charge in [0, 0.05) is 11.3 Å². The molecule has 1 aromatic rings. The first-order valence-electron chi connectivity index (χ1n) is 8.45. The van der Waals surface area contributed by atoms with Crippen molar-refractivity contribution < 1.29 is 23.9 Å². The molecule has 0 aromatic carbocycles. The Morgan fingerprint density at radius 2 is 1.92 bits per heavy atom. The molecule has 0 radical (unpaired) electrons. The number of aryl methyl sites for hydroxylation is 1. The van der Waals surface area contributed by atoms with Crippen LogP contribution < -0.4 is 10.6 Å². The number of hydrogen-bond donors (Lipinski definition) is 2. The van der Waals surface area contributed by atoms with Crippen LogP contribution in [-0.4, -0.2) is 36.7 Å². The number of rotatable bonds is 6. The van der Waals surface area contributed by atoms with Crippen molar-refractivity contribution in [1.29, 1.82) is 0 Å². The van der Waals surface area contributed by atoms with Crippen molar-refractivity contribution in [3.05, 3.63) is 16.0 Å². The Morgan fingerprint density at radius 3 is 2.62 bits per heavy atom. The van der Waals surface area contributed by atoms with E-state index in [0.717, 1.165) is 36.1 Å². The molecule has 2 N–H and O–H groups in total. The van der Waals surface area contributed by atoms with Crippen LogP contribution in [0.5, 0.6) is 0 Å². The summed E-state index contributed by atoms with van der Waals surface area (Å²) in [5.41, 5.74) is 1.50. The summed E-state index contributed by atoms with van der Waals surface area (Å²) in [6.45, 7) is 1.98. The van der Waals surface area contributed by atoms with E-state index in [0.29, 0.717) is 10.6 Å². The smallest absolute Gasteiger partial charge is 0.341 e. The zero-order chi connectivity index (χ0) is 19.1. The molecule has 7 nitrogen and oxygen atoms in total. The van der Waals surface area contributed by atoms with Crippen LogP contribution in [0.4, 0.5) is 5.00 Å². The van der Waals surface area contributed by atoms with Crippen molar-refractivity contribution in [3.8, 4) is 0 Å². The Labute approximate surface area is 161 Å². The van der Waals surface area contributed by atoms with E-state index in [2.05, 4.69) is 10.6 Å². The molecule has 9 heteroatoms. The van der Waals surface area contributed by atoms with Gasteiger partial charge in [0.15, 0.2) is 5.11 Å². The molecule has 0 aliphatic heterocycles. The lowest BCUT2D eigenvalue weighted by Gasteiger charge is -2.12. The maximum atomic E-state index is 12.2. The first-order valence-corrected chi connectivity index (χ1v) is 9.68. The molecule has 2 rings (SSSR count). The maximum absolute atomic E-state index is 12.2. The van der Waals surface area contributed by atoms with E-state index in [1.54, 1.807) is 6.92 Å². The number of methoxy groups -OCH3 is 1. The van der Waals surface area contributed by atoms with Crippen LogP contribution in [0.25, 0.3) is 0 Å². The summed E-state index contributed by atoms with van der Waals surface area (Å²) >= 11 is 6.62. The summed E-state index contributed by atoms with van der Waals surface area (Å²) in [5, 5.41) is 6.11. The van der Waals surface area contributed by atoms with Crippen LogP contribution in [0.3, 0.4) is 0 Å². The molecule has 0 saturated carbocycles. The molecule has 0 saturated heterocycles. The van der Waals surface area contributed by atoms with Crippen molar-refractivity contribution in [2.75, 3.05) is 19.0 Å². The topological polar surface area (TPSA) is 93.7 Å². The van der Waals surface area contributed by atoms with Crippen LogP contribution in [0.15, 0.2) is 0 Å². The molecule has 1 amide bonds. The summed E-state index contributed by atoms with van der Waals surface area (Å²) in [6, 6.07) is 0. The molecule has 0 unspecified atom stereocenters. The van der Waals surface area contributed by atoms with Gasteiger partial charge in [0.25, 0.3) is 0 Å². The van der Waals surface area contributed by atoms with Crippen LogP contribution in [0.1, 0.15) is 53.4 Å². The van der Waals surface area contributed by atoms with Gasteiger partial charge in [-0.2, -0.15) is 0 Å². The van der Waals surface area contributed by atoms with Gasteiger partial charge >= 0.3 is 11.9 Å². The van der Waals surface area contributed by atoms with Crippen LogP contribution in [0.2, 0.25) is 0 Å². The average Bonchev–Trinajstić information content (AvgIpc) is 2.97. The molecule has 26 heavy (non-hydrogen) atoms. The highest BCUT2D eigenvalue weighted by atomic mass is 32.1. The number of nitrogens with one attached hydrogen (secondary N) is 2. The molecule has 0 atom stereocenters. The number of esters is 2. The Kier molecular flexibility index (Phi) is 7.52. The maximum Gasteiger partial charge on any atom is 0.341 e. The summed E-state index contributed by atoms with van der Waals surface area (Å²) in [6.07, 6.45) is 3.83. The molecule has 142 valence electrons. The van der Waals surface area contributed by atoms with Crippen molar-refractivity contribution in [3.63, 3.8) is 0 Å². The number of carbonyl (C=O) groups excluding carboxylic acids is 3. The van der Waals surface area contributed by atoms with Crippen molar-refractivity contribution in [2.24, 2.45) is 0 Å². The highest BCUT2D eigenvalue weighted by Gasteiger charge is 2.26. The van der Waals surface area contributed by atoms with Crippen molar-refractivity contribution in [2.45, 2.75) is 45.4 Å². The van der Waals surface area contributed by atoms with E-state index >= 15 is 0 Å². The third kappa shape index (κ3) is 5.25. The number of amides is 1. The Bertz CT molecular complexity index is 714. The average molecular weight is 399 g/mol. The van der Waals surface area contributed by atoms with Gasteiger partial charge in [0.2, 0.25) is 5.91 Å². The fraction of sp³-hybridized carbons (Fsp3) is 0.529. The first-order chi connectivity index (χ1) is 12.5. The molecule has 1 heterocycles. The van der Waals surface area contributed by atoms with Gasteiger partial charge in [-0.15, -0.1) is 11.3 Å². The van der Waals surface area contributed by atoms with Crippen molar-refractivity contribution in [1.82, 2.24) is 5.32 Å². The highest BCUT2D eigenvalue weighted by Crippen LogP contribution is 2.38. The molecule has 0 bridgehead atoms. The van der Waals surface area contributed by atoms with E-state index < -0.39 is 17.8 Å². The lowest BCUT2D eigenvalue weighted by molar-refractivity contribution is -0.144. The van der Waals surface area contributed by atoms with E-state index in [1.807, 2.05) is 0 Å². The normalized spacial score (nSPS) is 12.7. The van der Waals surface area contributed by atoms with E-state index in [1.165, 1.54) is 18.4 Å². The van der Waals surface area contributed by atoms with Crippen molar-refractivity contribution >= 4 is 51.5 Å². The van der Waals surface area contributed by atoms with Gasteiger partial charge in [-0.1, -0.05) is 0 Å². The summed E-state index contributed by atoms with van der Waals surface area (Å²) < 4.78 is 9.67. The fourth-order valence-electron chi connectivity index (χ4n) is 2.74. The summed E-state index contributed by atoms with van der Waals surface area (Å²) in [7, 11) is 1.34. The van der Waals surface area contributed by atoms with Gasteiger partial charge in [-0.05, 0) is 50.4 Å². The van der Waals surface area contributed by atoms with Gasteiger partial charge in [-0.25, -0.2) is 4.79 Å². The molecule has 1 aromatic heterocycles. The molecule has 1 aliphatic rings. The van der Waals surface area contributed by atoms with Crippen LogP contribution in [-0.2, 0) is 31.9 Å². The quantitative estimate of drug-likeness (QED) is 0.562. The van der Waals surface area contributed by atoms with E-state index in [4.69, 9.17) is 21.7 Å². The number of thiocarbonyl (C=S) groups is 1. The van der Waals surface area contributed by atoms with Crippen LogP contribution >= 0.6 is 23.6 Å². The number of fused-ring (bicyclic) bond motifs is 1. The number of carbonyl (C=O) groups is 3. The monoisotopic (exact) mass is 398 g/mol. The molecule has 0 spiro atoms. The Hall–Kier alpha value is -2.00. The zero-order valence-corrected chi connectivity index (χ0v) is 16.4. The number of thiophene rings is 1.